The highest BCUT2D eigenvalue weighted by Crippen LogP contribution is 2.37. The van der Waals surface area contributed by atoms with Crippen molar-refractivity contribution < 1.29 is 23.8 Å². The van der Waals surface area contributed by atoms with Crippen LogP contribution >= 0.6 is 11.6 Å². The molecule has 2 saturated heterocycles. The number of amides is 2. The Morgan fingerprint density at radius 1 is 0.846 bits per heavy atom. The molecule has 6 rings (SSSR count). The average molecular weight is 730 g/mol. The van der Waals surface area contributed by atoms with Gasteiger partial charge in [0.2, 0.25) is 11.8 Å². The second-order valence-corrected chi connectivity index (χ2v) is 14.0. The van der Waals surface area contributed by atoms with Crippen molar-refractivity contribution in [2.75, 3.05) is 26.8 Å². The molecule has 0 radical (unpaired) electrons. The molecule has 2 aliphatic heterocycles. The molecule has 2 unspecified atom stereocenters. The number of aromatic nitrogens is 3. The number of nitrogens with two attached hydrogens (primary N) is 2. The van der Waals surface area contributed by atoms with Crippen LogP contribution in [-0.2, 0) is 35.8 Å². The first-order chi connectivity index (χ1) is 25.1. The van der Waals surface area contributed by atoms with Crippen molar-refractivity contribution in [1.29, 1.82) is 0 Å². The Kier molecular flexibility index (Phi) is 12.0. The van der Waals surface area contributed by atoms with E-state index in [0.717, 1.165) is 90.0 Å². The van der Waals surface area contributed by atoms with Crippen LogP contribution in [0.25, 0.3) is 11.1 Å². The van der Waals surface area contributed by atoms with Crippen molar-refractivity contribution >= 4 is 23.4 Å². The number of hydrogen-bond acceptors (Lipinski definition) is 9. The largest absolute Gasteiger partial charge is 0.496 e. The zero-order valence-electron chi connectivity index (χ0n) is 30.1. The Balaban J connectivity index is 1.06. The topological polar surface area (TPSA) is 151 Å². The molecular weight excluding hydrogens is 682 g/mol. The molecule has 12 nitrogen and oxygen atoms in total. The fraction of sp³-hybridized carbons (Fsp3) is 0.436. The molecule has 3 aromatic carbocycles. The SMILES string of the molecule is COc1cc(OCc2cccc(-c3cccc(OCCCn4cc(CN5CCCC5C(N)=O)nn4)c3C)c2C)c(Cl)cc1CN1CCCC1C(N)=O. The molecule has 52 heavy (non-hydrogen) atoms. The summed E-state index contributed by atoms with van der Waals surface area (Å²) in [5.74, 6) is 1.42. The molecule has 3 heterocycles. The van der Waals surface area contributed by atoms with Crippen LogP contribution in [0.5, 0.6) is 17.2 Å². The summed E-state index contributed by atoms with van der Waals surface area (Å²) < 4.78 is 20.0. The quantitative estimate of drug-likeness (QED) is 0.149. The Hall–Kier alpha value is -4.65. The summed E-state index contributed by atoms with van der Waals surface area (Å²) >= 11 is 6.72. The van der Waals surface area contributed by atoms with E-state index in [2.05, 4.69) is 52.2 Å². The molecule has 2 amide bonds. The number of nitrogens with zero attached hydrogens (tertiary/aromatic N) is 5. The number of hydrogen-bond donors (Lipinski definition) is 2. The van der Waals surface area contributed by atoms with E-state index >= 15 is 0 Å². The lowest BCUT2D eigenvalue weighted by Gasteiger charge is -2.23. The number of likely N-dealkylation sites (tertiary alicyclic amines) is 2. The van der Waals surface area contributed by atoms with Gasteiger partial charge in [0.15, 0.2) is 0 Å². The minimum absolute atomic E-state index is 0.226. The lowest BCUT2D eigenvalue weighted by molar-refractivity contribution is -0.123. The Morgan fingerprint density at radius 3 is 2.21 bits per heavy atom. The van der Waals surface area contributed by atoms with Gasteiger partial charge in [0.25, 0.3) is 0 Å². The second-order valence-electron chi connectivity index (χ2n) is 13.6. The predicted molar refractivity (Wildman–Crippen MR) is 199 cm³/mol. The average Bonchev–Trinajstić information content (AvgIpc) is 3.90. The van der Waals surface area contributed by atoms with Gasteiger partial charge in [-0.1, -0.05) is 47.1 Å². The van der Waals surface area contributed by atoms with Gasteiger partial charge in [0, 0.05) is 43.9 Å². The van der Waals surface area contributed by atoms with Gasteiger partial charge < -0.3 is 25.7 Å². The number of aryl methyl sites for hydroxylation is 1. The molecule has 276 valence electrons. The van der Waals surface area contributed by atoms with Gasteiger partial charge in [-0.15, -0.1) is 5.10 Å². The van der Waals surface area contributed by atoms with Crippen molar-refractivity contribution in [3.63, 3.8) is 0 Å². The van der Waals surface area contributed by atoms with Crippen molar-refractivity contribution in [2.24, 2.45) is 11.5 Å². The molecule has 4 aromatic rings. The maximum absolute atomic E-state index is 11.9. The first kappa shape index (κ1) is 37.1. The minimum Gasteiger partial charge on any atom is -0.496 e. The molecular formula is C39H48ClN7O5. The zero-order chi connectivity index (χ0) is 36.8. The molecule has 2 aliphatic rings. The molecule has 0 saturated carbocycles. The normalized spacial score (nSPS) is 17.8. The number of methoxy groups -OCH3 is 1. The third-order valence-electron chi connectivity index (χ3n) is 10.2. The van der Waals surface area contributed by atoms with Gasteiger partial charge in [0.1, 0.15) is 23.9 Å². The highest BCUT2D eigenvalue weighted by atomic mass is 35.5. The molecule has 0 spiro atoms. The van der Waals surface area contributed by atoms with Gasteiger partial charge in [-0.3, -0.25) is 24.1 Å². The molecule has 13 heteroatoms. The number of primary amides is 2. The van der Waals surface area contributed by atoms with Crippen LogP contribution in [0.3, 0.4) is 0 Å². The standard InChI is InChI=1S/C39H48ClN7O5/c1-25-27(24-52-37-20-36(50-3)28(19-32(37)40)21-45-15-6-12-33(45)38(41)48)9-4-10-30(25)31-11-5-14-35(26(31)2)51-18-8-17-47-23-29(43-44-47)22-46-16-7-13-34(46)39(42)49/h4-5,9-11,14,19-20,23,33-34H,6-8,12-13,15-18,21-22,24H2,1-3H3,(H2,41,48)(H2,42,49). The van der Waals surface area contributed by atoms with E-state index in [4.69, 9.17) is 37.3 Å². The maximum atomic E-state index is 11.9. The number of carbonyl (C=O) groups excluding carboxylic acids is 2. The Labute approximate surface area is 309 Å². The Bertz CT molecular complexity index is 1900. The van der Waals surface area contributed by atoms with Crippen LogP contribution in [0.2, 0.25) is 5.02 Å². The van der Waals surface area contributed by atoms with Crippen LogP contribution in [-0.4, -0.2) is 75.5 Å². The smallest absolute Gasteiger partial charge is 0.234 e. The fourth-order valence-electron chi connectivity index (χ4n) is 7.38. The van der Waals surface area contributed by atoms with Crippen molar-refractivity contribution in [1.82, 2.24) is 24.8 Å². The van der Waals surface area contributed by atoms with Crippen LogP contribution in [0.4, 0.5) is 0 Å². The molecule has 4 N–H and O–H groups in total. The Morgan fingerprint density at radius 2 is 1.52 bits per heavy atom. The van der Waals surface area contributed by atoms with E-state index in [1.165, 1.54) is 0 Å². The number of ether oxygens (including phenoxy) is 3. The number of carbonyl (C=O) groups is 2. The van der Waals surface area contributed by atoms with Gasteiger partial charge in [0.05, 0.1) is 36.5 Å². The van der Waals surface area contributed by atoms with E-state index in [-0.39, 0.29) is 23.9 Å². The van der Waals surface area contributed by atoms with Crippen LogP contribution < -0.4 is 25.7 Å². The first-order valence-corrected chi connectivity index (χ1v) is 18.3. The minimum atomic E-state index is -0.305. The third-order valence-corrected chi connectivity index (χ3v) is 10.5. The van der Waals surface area contributed by atoms with E-state index in [0.29, 0.717) is 49.4 Å². The van der Waals surface area contributed by atoms with Crippen molar-refractivity contribution in [2.45, 2.75) is 84.3 Å². The van der Waals surface area contributed by atoms with Crippen LogP contribution in [0.1, 0.15) is 60.1 Å². The number of benzene rings is 3. The van der Waals surface area contributed by atoms with E-state index < -0.39 is 0 Å². The monoisotopic (exact) mass is 729 g/mol. The van der Waals surface area contributed by atoms with Gasteiger partial charge in [-0.25, -0.2) is 0 Å². The molecule has 2 atom stereocenters. The lowest BCUT2D eigenvalue weighted by atomic mass is 9.93. The van der Waals surface area contributed by atoms with Crippen LogP contribution in [0, 0.1) is 13.8 Å². The number of rotatable bonds is 16. The lowest BCUT2D eigenvalue weighted by Crippen LogP contribution is -2.39. The number of halogens is 1. The van der Waals surface area contributed by atoms with E-state index in [1.54, 1.807) is 7.11 Å². The molecule has 1 aromatic heterocycles. The zero-order valence-corrected chi connectivity index (χ0v) is 30.9. The molecule has 0 aliphatic carbocycles. The second kappa shape index (κ2) is 16.8. The molecule has 2 fully saturated rings. The summed E-state index contributed by atoms with van der Waals surface area (Å²) in [4.78, 5) is 27.8. The fourth-order valence-corrected chi connectivity index (χ4v) is 7.62. The summed E-state index contributed by atoms with van der Waals surface area (Å²) in [5.41, 5.74) is 18.3. The van der Waals surface area contributed by atoms with Gasteiger partial charge >= 0.3 is 0 Å². The van der Waals surface area contributed by atoms with E-state index in [1.807, 2.05) is 41.2 Å². The molecule has 0 bridgehead atoms. The van der Waals surface area contributed by atoms with E-state index in [9.17, 15) is 9.59 Å². The van der Waals surface area contributed by atoms with Crippen LogP contribution in [0.15, 0.2) is 54.7 Å². The highest BCUT2D eigenvalue weighted by Gasteiger charge is 2.31. The summed E-state index contributed by atoms with van der Waals surface area (Å²) in [6, 6.07) is 15.5. The summed E-state index contributed by atoms with van der Waals surface area (Å²) in [5, 5.41) is 9.04. The first-order valence-electron chi connectivity index (χ1n) is 17.9. The van der Waals surface area contributed by atoms with Crippen molar-refractivity contribution in [3.05, 3.63) is 87.7 Å². The maximum Gasteiger partial charge on any atom is 0.234 e. The van der Waals surface area contributed by atoms with Gasteiger partial charge in [-0.2, -0.15) is 0 Å². The summed E-state index contributed by atoms with van der Waals surface area (Å²) in [6.07, 6.45) is 6.13. The predicted octanol–water partition coefficient (Wildman–Crippen LogP) is 5.17. The third kappa shape index (κ3) is 8.52. The summed E-state index contributed by atoms with van der Waals surface area (Å²) in [6.45, 7) is 8.41. The van der Waals surface area contributed by atoms with Gasteiger partial charge in [-0.05, 0) is 92.6 Å². The highest BCUT2D eigenvalue weighted by molar-refractivity contribution is 6.32. The van der Waals surface area contributed by atoms with Crippen molar-refractivity contribution in [3.8, 4) is 28.4 Å². The summed E-state index contributed by atoms with van der Waals surface area (Å²) in [7, 11) is 1.62.